The van der Waals surface area contributed by atoms with Gasteiger partial charge in [-0.15, -0.1) is 11.3 Å². The zero-order valence-corrected chi connectivity index (χ0v) is 15.0. The molecule has 1 saturated heterocycles. The molecular formula is C14H20ClN3O3S2. The molecule has 1 saturated carbocycles. The minimum Gasteiger partial charge on any atom is -0.340 e. The highest BCUT2D eigenvalue weighted by Gasteiger charge is 2.35. The quantitative estimate of drug-likeness (QED) is 0.862. The van der Waals surface area contributed by atoms with Crippen molar-refractivity contribution in [3.8, 4) is 0 Å². The van der Waals surface area contributed by atoms with Gasteiger partial charge in [0.1, 0.15) is 4.21 Å². The molecule has 2 fully saturated rings. The van der Waals surface area contributed by atoms with Gasteiger partial charge in [0, 0.05) is 38.1 Å². The SMILES string of the molecule is NC1CCC(C(=O)N2CCN(S(=O)(=O)c3ccc(Cl)s3)CC2)C1. The number of carbonyl (C=O) groups is 1. The first kappa shape index (κ1) is 17.2. The predicted octanol–water partition coefficient (Wildman–Crippen LogP) is 1.36. The molecule has 1 aromatic heterocycles. The number of nitrogens with zero attached hydrogens (tertiary/aromatic N) is 2. The summed E-state index contributed by atoms with van der Waals surface area (Å²) in [6.45, 7) is 1.51. The van der Waals surface area contributed by atoms with Gasteiger partial charge in [0.2, 0.25) is 5.91 Å². The highest BCUT2D eigenvalue weighted by atomic mass is 35.5. The highest BCUT2D eigenvalue weighted by Crippen LogP contribution is 2.30. The first-order valence-electron chi connectivity index (χ1n) is 7.68. The molecule has 0 aromatic carbocycles. The zero-order valence-electron chi connectivity index (χ0n) is 12.7. The Morgan fingerprint density at radius 3 is 2.43 bits per heavy atom. The van der Waals surface area contributed by atoms with Gasteiger partial charge in [-0.3, -0.25) is 4.79 Å². The Bertz CT molecular complexity index is 683. The van der Waals surface area contributed by atoms with Crippen LogP contribution in [-0.4, -0.2) is 55.8 Å². The third kappa shape index (κ3) is 3.56. The van der Waals surface area contributed by atoms with Crippen molar-refractivity contribution in [1.29, 1.82) is 0 Å². The van der Waals surface area contributed by atoms with E-state index in [1.165, 1.54) is 10.4 Å². The van der Waals surface area contributed by atoms with Gasteiger partial charge in [-0.05, 0) is 31.4 Å². The van der Waals surface area contributed by atoms with Crippen molar-refractivity contribution < 1.29 is 13.2 Å². The van der Waals surface area contributed by atoms with Crippen LogP contribution in [0.3, 0.4) is 0 Å². The van der Waals surface area contributed by atoms with Crippen molar-refractivity contribution in [2.24, 2.45) is 11.7 Å². The lowest BCUT2D eigenvalue weighted by Gasteiger charge is -2.35. The smallest absolute Gasteiger partial charge is 0.252 e. The number of thiophene rings is 1. The summed E-state index contributed by atoms with van der Waals surface area (Å²) in [6, 6.07) is 3.23. The summed E-state index contributed by atoms with van der Waals surface area (Å²) in [5, 5.41) is 0. The molecule has 0 spiro atoms. The molecule has 2 aliphatic rings. The maximum absolute atomic E-state index is 12.5. The summed E-state index contributed by atoms with van der Waals surface area (Å²) in [5.41, 5.74) is 5.87. The lowest BCUT2D eigenvalue weighted by atomic mass is 10.1. The van der Waals surface area contributed by atoms with Crippen LogP contribution in [0.5, 0.6) is 0 Å². The molecule has 6 nitrogen and oxygen atoms in total. The molecular weight excluding hydrogens is 358 g/mol. The number of sulfonamides is 1. The standard InChI is InChI=1S/C14H20ClN3O3S2/c15-12-3-4-13(22-12)23(20,21)18-7-5-17(6-8-18)14(19)10-1-2-11(16)9-10/h3-4,10-11H,1-2,5-9,16H2. The molecule has 0 radical (unpaired) electrons. The van der Waals surface area contributed by atoms with Crippen molar-refractivity contribution in [3.63, 3.8) is 0 Å². The minimum absolute atomic E-state index is 0.00394. The fourth-order valence-corrected chi connectivity index (χ4v) is 6.27. The summed E-state index contributed by atoms with van der Waals surface area (Å²) < 4.78 is 27.2. The minimum atomic E-state index is -3.51. The van der Waals surface area contributed by atoms with Crippen molar-refractivity contribution >= 4 is 38.9 Å². The molecule has 2 heterocycles. The van der Waals surface area contributed by atoms with Crippen LogP contribution >= 0.6 is 22.9 Å². The zero-order chi connectivity index (χ0) is 16.6. The number of hydrogen-bond donors (Lipinski definition) is 1. The van der Waals surface area contributed by atoms with Gasteiger partial charge in [0.15, 0.2) is 0 Å². The number of carbonyl (C=O) groups excluding carboxylic acids is 1. The Morgan fingerprint density at radius 1 is 1.22 bits per heavy atom. The van der Waals surface area contributed by atoms with E-state index in [0.717, 1.165) is 30.6 Å². The average molecular weight is 378 g/mol. The van der Waals surface area contributed by atoms with E-state index in [1.54, 1.807) is 11.0 Å². The first-order valence-corrected chi connectivity index (χ1v) is 10.3. The summed E-state index contributed by atoms with van der Waals surface area (Å²) in [7, 11) is -3.51. The number of amides is 1. The second-order valence-electron chi connectivity index (χ2n) is 6.06. The first-order chi connectivity index (χ1) is 10.9. The van der Waals surface area contributed by atoms with E-state index >= 15 is 0 Å². The van der Waals surface area contributed by atoms with E-state index in [0.29, 0.717) is 30.5 Å². The third-order valence-corrected chi connectivity index (χ3v) is 8.11. The molecule has 1 aliphatic heterocycles. The van der Waals surface area contributed by atoms with E-state index in [4.69, 9.17) is 17.3 Å². The second-order valence-corrected chi connectivity index (χ2v) is 9.94. The lowest BCUT2D eigenvalue weighted by Crippen LogP contribution is -2.51. The Kier molecular flexibility index (Phi) is 4.98. The molecule has 2 N–H and O–H groups in total. The molecule has 1 aromatic rings. The Balaban J connectivity index is 1.61. The van der Waals surface area contributed by atoms with Gasteiger partial charge >= 0.3 is 0 Å². The van der Waals surface area contributed by atoms with Gasteiger partial charge in [0.25, 0.3) is 10.0 Å². The molecule has 23 heavy (non-hydrogen) atoms. The summed E-state index contributed by atoms with van der Waals surface area (Å²) in [5.74, 6) is 0.124. The van der Waals surface area contributed by atoms with Crippen molar-refractivity contribution in [2.45, 2.75) is 29.5 Å². The van der Waals surface area contributed by atoms with Gasteiger partial charge < -0.3 is 10.6 Å². The van der Waals surface area contributed by atoms with Crippen molar-refractivity contribution in [3.05, 3.63) is 16.5 Å². The van der Waals surface area contributed by atoms with Gasteiger partial charge in [-0.2, -0.15) is 4.31 Å². The molecule has 2 unspecified atom stereocenters. The van der Waals surface area contributed by atoms with Crippen LogP contribution in [0.1, 0.15) is 19.3 Å². The summed E-state index contributed by atoms with van der Waals surface area (Å²) >= 11 is 6.88. The largest absolute Gasteiger partial charge is 0.340 e. The maximum Gasteiger partial charge on any atom is 0.252 e. The topological polar surface area (TPSA) is 83.7 Å². The van der Waals surface area contributed by atoms with E-state index in [9.17, 15) is 13.2 Å². The highest BCUT2D eigenvalue weighted by molar-refractivity contribution is 7.91. The van der Waals surface area contributed by atoms with Crippen molar-refractivity contribution in [1.82, 2.24) is 9.21 Å². The normalized spacial score (nSPS) is 26.6. The fraction of sp³-hybridized carbons (Fsp3) is 0.643. The number of piperazine rings is 1. The third-order valence-electron chi connectivity index (χ3n) is 4.52. The van der Waals surface area contributed by atoms with Gasteiger partial charge in [-0.1, -0.05) is 11.6 Å². The molecule has 1 aliphatic carbocycles. The predicted molar refractivity (Wildman–Crippen MR) is 90.0 cm³/mol. The maximum atomic E-state index is 12.5. The molecule has 2 atom stereocenters. The van der Waals surface area contributed by atoms with E-state index in [1.807, 2.05) is 0 Å². The van der Waals surface area contributed by atoms with Crippen LogP contribution < -0.4 is 5.73 Å². The Labute approximate surface area is 145 Å². The van der Waals surface area contributed by atoms with Crippen LogP contribution in [0.15, 0.2) is 16.3 Å². The summed E-state index contributed by atoms with van der Waals surface area (Å²) in [6.07, 6.45) is 2.47. The Hall–Kier alpha value is -0.670. The van der Waals surface area contributed by atoms with Crippen molar-refractivity contribution in [2.75, 3.05) is 26.2 Å². The Morgan fingerprint density at radius 2 is 1.91 bits per heavy atom. The van der Waals surface area contributed by atoms with Crippen LogP contribution in [0.25, 0.3) is 0 Å². The van der Waals surface area contributed by atoms with Gasteiger partial charge in [-0.25, -0.2) is 8.42 Å². The van der Waals surface area contributed by atoms with Crippen LogP contribution in [0.2, 0.25) is 4.34 Å². The molecule has 9 heteroatoms. The van der Waals surface area contributed by atoms with Crippen LogP contribution in [0.4, 0.5) is 0 Å². The molecule has 128 valence electrons. The monoisotopic (exact) mass is 377 g/mol. The second kappa shape index (κ2) is 6.68. The summed E-state index contributed by atoms with van der Waals surface area (Å²) in [4.78, 5) is 14.2. The van der Waals surface area contributed by atoms with Gasteiger partial charge in [0.05, 0.1) is 4.34 Å². The molecule has 0 bridgehead atoms. The van der Waals surface area contributed by atoms with E-state index in [2.05, 4.69) is 0 Å². The van der Waals surface area contributed by atoms with E-state index in [-0.39, 0.29) is 22.1 Å². The molecule has 3 rings (SSSR count). The number of nitrogens with two attached hydrogens (primary N) is 1. The van der Waals surface area contributed by atoms with E-state index < -0.39 is 10.0 Å². The number of hydrogen-bond acceptors (Lipinski definition) is 5. The molecule has 1 amide bonds. The average Bonchev–Trinajstić information content (AvgIpc) is 3.15. The fourth-order valence-electron chi connectivity index (χ4n) is 3.21. The van der Waals surface area contributed by atoms with Crippen LogP contribution in [-0.2, 0) is 14.8 Å². The van der Waals surface area contributed by atoms with Crippen LogP contribution in [0, 0.1) is 5.92 Å². The lowest BCUT2D eigenvalue weighted by molar-refractivity contribution is -0.136. The number of halogens is 1. The number of rotatable bonds is 3.